The third-order valence-corrected chi connectivity index (χ3v) is 2.88. The maximum absolute atomic E-state index is 10.9. The van der Waals surface area contributed by atoms with Gasteiger partial charge in [0.05, 0.1) is 6.34 Å². The van der Waals surface area contributed by atoms with Crippen LogP contribution in [0.25, 0.3) is 0 Å². The van der Waals surface area contributed by atoms with E-state index in [4.69, 9.17) is 17.3 Å². The van der Waals surface area contributed by atoms with E-state index in [-0.39, 0.29) is 0 Å². The van der Waals surface area contributed by atoms with Gasteiger partial charge < -0.3 is 16.9 Å². The Hall–Kier alpha value is -1.63. The average molecular weight is 271 g/mol. The molecule has 19 heavy (non-hydrogen) atoms. The molecular formula is C12H25N5O2. The number of nitrogens with zero attached hydrogens (tertiary/aromatic N) is 1. The van der Waals surface area contributed by atoms with Crippen molar-refractivity contribution >= 4 is 18.2 Å². The standard InChI is InChI=1S/C12H25N5O2/c13-11(18)10(12(14)19)7-5-3-1-2-4-6-8-16-9-17-15/h9-10H,1-8,15H2,(H2,13,18)(H2,14,19)(H,16,17). The summed E-state index contributed by atoms with van der Waals surface area (Å²) in [6, 6.07) is 0. The summed E-state index contributed by atoms with van der Waals surface area (Å²) in [5.41, 5.74) is 12.5. The fourth-order valence-corrected chi connectivity index (χ4v) is 1.80. The molecule has 0 saturated carbocycles. The zero-order valence-corrected chi connectivity index (χ0v) is 11.3. The maximum Gasteiger partial charge on any atom is 0.229 e. The number of unbranched alkanes of at least 4 members (excludes halogenated alkanes) is 5. The topological polar surface area (TPSA) is 137 Å². The highest BCUT2D eigenvalue weighted by Crippen LogP contribution is 2.12. The summed E-state index contributed by atoms with van der Waals surface area (Å²) in [6.45, 7) is 0.773. The molecule has 0 fully saturated rings. The first-order chi connectivity index (χ1) is 9.09. The van der Waals surface area contributed by atoms with Gasteiger partial charge in [-0.25, -0.2) is 5.84 Å². The molecule has 7 N–H and O–H groups in total. The number of rotatable bonds is 12. The molecule has 0 saturated heterocycles. The van der Waals surface area contributed by atoms with Gasteiger partial charge in [-0.1, -0.05) is 32.1 Å². The van der Waals surface area contributed by atoms with Gasteiger partial charge in [0.25, 0.3) is 0 Å². The number of nitrogens with two attached hydrogens (primary N) is 3. The first kappa shape index (κ1) is 17.4. The van der Waals surface area contributed by atoms with Gasteiger partial charge in [0, 0.05) is 6.54 Å². The number of hydrogen-bond donors (Lipinski definition) is 4. The van der Waals surface area contributed by atoms with E-state index in [1.165, 1.54) is 6.34 Å². The Morgan fingerprint density at radius 2 is 1.53 bits per heavy atom. The summed E-state index contributed by atoms with van der Waals surface area (Å²) in [6.07, 6.45) is 8.04. The molecule has 0 aromatic carbocycles. The number of primary amides is 2. The monoisotopic (exact) mass is 271 g/mol. The normalized spacial score (nSPS) is 11.1. The summed E-state index contributed by atoms with van der Waals surface area (Å²) in [7, 11) is 0. The fourth-order valence-electron chi connectivity index (χ4n) is 1.80. The maximum atomic E-state index is 10.9. The van der Waals surface area contributed by atoms with E-state index < -0.39 is 17.7 Å². The minimum absolute atomic E-state index is 0.455. The summed E-state index contributed by atoms with van der Waals surface area (Å²) >= 11 is 0. The van der Waals surface area contributed by atoms with Crippen LogP contribution in [0.1, 0.15) is 44.9 Å². The highest BCUT2D eigenvalue weighted by atomic mass is 16.2. The molecule has 0 atom stereocenters. The van der Waals surface area contributed by atoms with Crippen LogP contribution in [0.5, 0.6) is 0 Å². The van der Waals surface area contributed by atoms with Crippen molar-refractivity contribution in [3.63, 3.8) is 0 Å². The van der Waals surface area contributed by atoms with Gasteiger partial charge in [0.2, 0.25) is 11.8 Å². The van der Waals surface area contributed by atoms with Crippen molar-refractivity contribution in [1.82, 2.24) is 5.43 Å². The van der Waals surface area contributed by atoms with Crippen LogP contribution in [0, 0.1) is 5.92 Å². The summed E-state index contributed by atoms with van der Waals surface area (Å²) in [4.78, 5) is 25.9. The number of hydrogen-bond acceptors (Lipinski definition) is 4. The minimum Gasteiger partial charge on any atom is -0.369 e. The molecule has 0 heterocycles. The Morgan fingerprint density at radius 3 is 2.05 bits per heavy atom. The molecule has 110 valence electrons. The Morgan fingerprint density at radius 1 is 1.00 bits per heavy atom. The number of aliphatic imine (C=N–C) groups is 1. The zero-order chi connectivity index (χ0) is 14.5. The van der Waals surface area contributed by atoms with Crippen molar-refractivity contribution in [3.8, 4) is 0 Å². The van der Waals surface area contributed by atoms with Crippen molar-refractivity contribution < 1.29 is 9.59 Å². The van der Waals surface area contributed by atoms with Crippen LogP contribution < -0.4 is 22.7 Å². The minimum atomic E-state index is -0.821. The molecule has 2 amide bonds. The highest BCUT2D eigenvalue weighted by molar-refractivity contribution is 5.98. The Labute approximate surface area is 114 Å². The number of carbonyl (C=O) groups excluding carboxylic acids is 2. The van der Waals surface area contributed by atoms with E-state index in [1.807, 2.05) is 0 Å². The van der Waals surface area contributed by atoms with E-state index >= 15 is 0 Å². The van der Waals surface area contributed by atoms with Crippen molar-refractivity contribution in [2.45, 2.75) is 44.9 Å². The van der Waals surface area contributed by atoms with Crippen LogP contribution in [-0.4, -0.2) is 24.7 Å². The van der Waals surface area contributed by atoms with Gasteiger partial charge in [-0.05, 0) is 12.8 Å². The van der Waals surface area contributed by atoms with Crippen molar-refractivity contribution in [2.75, 3.05) is 6.54 Å². The lowest BCUT2D eigenvalue weighted by Crippen LogP contribution is -2.34. The molecule has 0 radical (unpaired) electrons. The smallest absolute Gasteiger partial charge is 0.229 e. The third-order valence-electron chi connectivity index (χ3n) is 2.88. The Balaban J connectivity index is 3.42. The Bertz CT molecular complexity index is 280. The zero-order valence-electron chi connectivity index (χ0n) is 11.3. The molecule has 0 aromatic rings. The molecule has 0 aliphatic heterocycles. The van der Waals surface area contributed by atoms with Crippen LogP contribution >= 0.6 is 0 Å². The van der Waals surface area contributed by atoms with Gasteiger partial charge in [0.15, 0.2) is 0 Å². The quantitative estimate of drug-likeness (QED) is 0.0974. The second kappa shape index (κ2) is 11.5. The van der Waals surface area contributed by atoms with E-state index in [1.54, 1.807) is 0 Å². The lowest BCUT2D eigenvalue weighted by atomic mass is 9.99. The predicted molar refractivity (Wildman–Crippen MR) is 74.9 cm³/mol. The number of nitrogens with one attached hydrogen (secondary N) is 1. The van der Waals surface area contributed by atoms with Crippen LogP contribution in [0.3, 0.4) is 0 Å². The van der Waals surface area contributed by atoms with E-state index in [0.29, 0.717) is 6.42 Å². The molecule has 0 rings (SSSR count). The van der Waals surface area contributed by atoms with Gasteiger partial charge in [0.1, 0.15) is 5.92 Å². The van der Waals surface area contributed by atoms with Crippen LogP contribution in [0.4, 0.5) is 0 Å². The second-order valence-corrected chi connectivity index (χ2v) is 4.47. The molecule has 0 unspecified atom stereocenters. The highest BCUT2D eigenvalue weighted by Gasteiger charge is 2.20. The predicted octanol–water partition coefficient (Wildman–Crippen LogP) is -0.204. The Kier molecular flexibility index (Phi) is 10.5. The SMILES string of the molecule is NNC=NCCCCCCCCC(C(N)=O)C(N)=O. The molecule has 0 aromatic heterocycles. The van der Waals surface area contributed by atoms with Crippen LogP contribution in [-0.2, 0) is 9.59 Å². The average Bonchev–Trinajstić information content (AvgIpc) is 2.35. The molecule has 0 bridgehead atoms. The molecule has 0 spiro atoms. The molecule has 7 heteroatoms. The van der Waals surface area contributed by atoms with Gasteiger partial charge >= 0.3 is 0 Å². The molecule has 0 aliphatic carbocycles. The lowest BCUT2D eigenvalue weighted by molar-refractivity contribution is -0.131. The third kappa shape index (κ3) is 10.0. The summed E-state index contributed by atoms with van der Waals surface area (Å²) < 4.78 is 0. The first-order valence-corrected chi connectivity index (χ1v) is 6.62. The summed E-state index contributed by atoms with van der Waals surface area (Å²) in [5.74, 6) is 2.95. The lowest BCUT2D eigenvalue weighted by Gasteiger charge is -2.08. The van der Waals surface area contributed by atoms with Crippen molar-refractivity contribution in [2.24, 2.45) is 28.2 Å². The number of carbonyl (C=O) groups is 2. The molecular weight excluding hydrogens is 246 g/mol. The number of amides is 2. The second-order valence-electron chi connectivity index (χ2n) is 4.47. The van der Waals surface area contributed by atoms with Gasteiger partial charge in [-0.2, -0.15) is 0 Å². The van der Waals surface area contributed by atoms with E-state index in [9.17, 15) is 9.59 Å². The van der Waals surface area contributed by atoms with Gasteiger partial charge in [-0.15, -0.1) is 0 Å². The van der Waals surface area contributed by atoms with E-state index in [2.05, 4.69) is 10.4 Å². The van der Waals surface area contributed by atoms with E-state index in [0.717, 1.165) is 45.1 Å². The molecule has 7 nitrogen and oxygen atoms in total. The van der Waals surface area contributed by atoms with Crippen LogP contribution in [0.2, 0.25) is 0 Å². The van der Waals surface area contributed by atoms with Crippen LogP contribution in [0.15, 0.2) is 4.99 Å². The van der Waals surface area contributed by atoms with Crippen molar-refractivity contribution in [3.05, 3.63) is 0 Å². The fraction of sp³-hybridized carbons (Fsp3) is 0.750. The largest absolute Gasteiger partial charge is 0.369 e. The van der Waals surface area contributed by atoms with Crippen molar-refractivity contribution in [1.29, 1.82) is 0 Å². The molecule has 0 aliphatic rings. The number of hydrazine groups is 1. The first-order valence-electron chi connectivity index (χ1n) is 6.62. The van der Waals surface area contributed by atoms with Gasteiger partial charge in [-0.3, -0.25) is 14.6 Å². The summed E-state index contributed by atoms with van der Waals surface area (Å²) in [5, 5.41) is 0.